The molecule has 0 unspecified atom stereocenters. The Morgan fingerprint density at radius 2 is 2.19 bits per heavy atom. The number of benzene rings is 1. The van der Waals surface area contributed by atoms with Crippen molar-refractivity contribution >= 4 is 17.7 Å². The lowest BCUT2D eigenvalue weighted by molar-refractivity contribution is -0.132. The molecule has 86 valence electrons. The lowest BCUT2D eigenvalue weighted by Crippen LogP contribution is -2.01. The minimum absolute atomic E-state index is 0.274. The minimum atomic E-state index is -0.915. The van der Waals surface area contributed by atoms with Crippen molar-refractivity contribution in [3.05, 3.63) is 35.9 Å². The van der Waals surface area contributed by atoms with Gasteiger partial charge in [-0.2, -0.15) is 0 Å². The standard InChI is InChI=1S/C12H14O3S/c1-9(12(13)14)7-8-15-10-5-3-4-6-11(10)16-2/h3-7H,8H2,1-2H3,(H,13,14). The van der Waals surface area contributed by atoms with Gasteiger partial charge in [0.05, 0.1) is 0 Å². The number of hydrogen-bond acceptors (Lipinski definition) is 3. The van der Waals surface area contributed by atoms with Crippen molar-refractivity contribution in [2.24, 2.45) is 0 Å². The lowest BCUT2D eigenvalue weighted by atomic mass is 10.3. The number of carboxylic acid groups (broad SMARTS) is 1. The fraction of sp³-hybridized carbons (Fsp3) is 0.250. The van der Waals surface area contributed by atoms with Gasteiger partial charge in [0.1, 0.15) is 12.4 Å². The zero-order chi connectivity index (χ0) is 12.0. The van der Waals surface area contributed by atoms with E-state index in [0.717, 1.165) is 10.6 Å². The molecule has 0 aliphatic carbocycles. The Balaban J connectivity index is 2.61. The van der Waals surface area contributed by atoms with Crippen LogP contribution >= 0.6 is 11.8 Å². The zero-order valence-electron chi connectivity index (χ0n) is 9.27. The molecule has 1 rings (SSSR count). The predicted molar refractivity (Wildman–Crippen MR) is 65.1 cm³/mol. The molecule has 0 saturated carbocycles. The van der Waals surface area contributed by atoms with Crippen molar-refractivity contribution in [2.75, 3.05) is 12.9 Å². The minimum Gasteiger partial charge on any atom is -0.488 e. The quantitative estimate of drug-likeness (QED) is 0.633. The van der Waals surface area contributed by atoms with E-state index in [1.807, 2.05) is 30.5 Å². The SMILES string of the molecule is CSc1ccccc1OCC=C(C)C(=O)O. The fourth-order valence-corrected chi connectivity index (χ4v) is 1.62. The fourth-order valence-electron chi connectivity index (χ4n) is 1.08. The predicted octanol–water partition coefficient (Wildman–Crippen LogP) is 2.82. The number of carboxylic acids is 1. The van der Waals surface area contributed by atoms with Crippen LogP contribution < -0.4 is 4.74 Å². The normalized spacial score (nSPS) is 11.2. The molecule has 16 heavy (non-hydrogen) atoms. The van der Waals surface area contributed by atoms with Crippen molar-refractivity contribution in [1.82, 2.24) is 0 Å². The number of aliphatic carboxylic acids is 1. The van der Waals surface area contributed by atoms with Crippen molar-refractivity contribution in [2.45, 2.75) is 11.8 Å². The molecule has 0 aliphatic heterocycles. The van der Waals surface area contributed by atoms with Gasteiger partial charge in [0.25, 0.3) is 0 Å². The number of thioether (sulfide) groups is 1. The second-order valence-corrected chi connectivity index (χ2v) is 4.00. The summed E-state index contributed by atoms with van der Waals surface area (Å²) in [4.78, 5) is 11.6. The summed E-state index contributed by atoms with van der Waals surface area (Å²) in [6.07, 6.45) is 3.53. The molecule has 0 radical (unpaired) electrons. The van der Waals surface area contributed by atoms with Crippen molar-refractivity contribution in [1.29, 1.82) is 0 Å². The van der Waals surface area contributed by atoms with E-state index >= 15 is 0 Å². The number of hydrogen-bond donors (Lipinski definition) is 1. The molecule has 0 heterocycles. The maximum atomic E-state index is 10.5. The highest BCUT2D eigenvalue weighted by Crippen LogP contribution is 2.26. The van der Waals surface area contributed by atoms with E-state index in [0.29, 0.717) is 5.57 Å². The van der Waals surface area contributed by atoms with Crippen LogP contribution in [0.4, 0.5) is 0 Å². The first kappa shape index (κ1) is 12.6. The van der Waals surface area contributed by atoms with Crippen LogP contribution in [0.5, 0.6) is 5.75 Å². The summed E-state index contributed by atoms with van der Waals surface area (Å²) in [5.74, 6) is -0.133. The Morgan fingerprint density at radius 3 is 2.81 bits per heavy atom. The van der Waals surface area contributed by atoms with Crippen LogP contribution in [0, 0.1) is 0 Å². The molecule has 0 spiro atoms. The van der Waals surface area contributed by atoms with Crippen LogP contribution in [-0.4, -0.2) is 23.9 Å². The second-order valence-electron chi connectivity index (χ2n) is 3.15. The topological polar surface area (TPSA) is 46.5 Å². The number of para-hydroxylation sites is 1. The Bertz CT molecular complexity index is 399. The first-order chi connectivity index (χ1) is 7.65. The first-order valence-corrected chi connectivity index (χ1v) is 6.03. The third-order valence-electron chi connectivity index (χ3n) is 2.03. The van der Waals surface area contributed by atoms with E-state index in [1.165, 1.54) is 0 Å². The van der Waals surface area contributed by atoms with Gasteiger partial charge in [0.15, 0.2) is 0 Å². The van der Waals surface area contributed by atoms with Gasteiger partial charge >= 0.3 is 5.97 Å². The molecule has 0 fully saturated rings. The van der Waals surface area contributed by atoms with Crippen LogP contribution in [-0.2, 0) is 4.79 Å². The maximum Gasteiger partial charge on any atom is 0.331 e. The van der Waals surface area contributed by atoms with Gasteiger partial charge in [-0.15, -0.1) is 11.8 Å². The van der Waals surface area contributed by atoms with Gasteiger partial charge in [0, 0.05) is 10.5 Å². The van der Waals surface area contributed by atoms with Gasteiger partial charge in [-0.05, 0) is 31.4 Å². The number of carbonyl (C=O) groups is 1. The smallest absolute Gasteiger partial charge is 0.331 e. The summed E-state index contributed by atoms with van der Waals surface area (Å²) < 4.78 is 5.49. The van der Waals surface area contributed by atoms with Gasteiger partial charge < -0.3 is 9.84 Å². The highest BCUT2D eigenvalue weighted by Gasteiger charge is 2.01. The zero-order valence-corrected chi connectivity index (χ0v) is 10.1. The van der Waals surface area contributed by atoms with Gasteiger partial charge in [-0.25, -0.2) is 4.79 Å². The third-order valence-corrected chi connectivity index (χ3v) is 2.81. The molecule has 0 atom stereocenters. The maximum absolute atomic E-state index is 10.5. The highest BCUT2D eigenvalue weighted by molar-refractivity contribution is 7.98. The van der Waals surface area contributed by atoms with Crippen LogP contribution in [0.1, 0.15) is 6.92 Å². The molecule has 1 N–H and O–H groups in total. The molecular weight excluding hydrogens is 224 g/mol. The Morgan fingerprint density at radius 1 is 1.50 bits per heavy atom. The molecule has 0 aliphatic rings. The third kappa shape index (κ3) is 3.62. The van der Waals surface area contributed by atoms with E-state index in [1.54, 1.807) is 24.8 Å². The summed E-state index contributed by atoms with van der Waals surface area (Å²) in [5.41, 5.74) is 0.293. The summed E-state index contributed by atoms with van der Waals surface area (Å²) in [6.45, 7) is 1.82. The second kappa shape index (κ2) is 6.23. The number of ether oxygens (including phenoxy) is 1. The average molecular weight is 238 g/mol. The Kier molecular flexibility index (Phi) is 4.92. The molecule has 0 aromatic heterocycles. The van der Waals surface area contributed by atoms with Gasteiger partial charge in [-0.3, -0.25) is 0 Å². The average Bonchev–Trinajstić information content (AvgIpc) is 2.29. The van der Waals surface area contributed by atoms with Gasteiger partial charge in [0.2, 0.25) is 0 Å². The lowest BCUT2D eigenvalue weighted by Gasteiger charge is -2.07. The first-order valence-electron chi connectivity index (χ1n) is 4.81. The number of rotatable bonds is 5. The van der Waals surface area contributed by atoms with E-state index in [4.69, 9.17) is 9.84 Å². The molecule has 0 saturated heterocycles. The summed E-state index contributed by atoms with van der Waals surface area (Å²) >= 11 is 1.60. The molecule has 4 heteroatoms. The molecular formula is C12H14O3S. The van der Waals surface area contributed by atoms with E-state index < -0.39 is 5.97 Å². The van der Waals surface area contributed by atoms with Crippen molar-refractivity contribution in [3.63, 3.8) is 0 Å². The molecule has 0 bridgehead atoms. The summed E-state index contributed by atoms with van der Waals surface area (Å²) in [6, 6.07) is 7.67. The molecule has 1 aromatic carbocycles. The highest BCUT2D eigenvalue weighted by atomic mass is 32.2. The van der Waals surface area contributed by atoms with Gasteiger partial charge in [-0.1, -0.05) is 12.1 Å². The Labute approximate surface area is 99.1 Å². The van der Waals surface area contributed by atoms with E-state index in [9.17, 15) is 4.79 Å². The van der Waals surface area contributed by atoms with Crippen LogP contribution in [0.25, 0.3) is 0 Å². The van der Waals surface area contributed by atoms with Crippen molar-refractivity contribution in [3.8, 4) is 5.75 Å². The molecule has 1 aromatic rings. The van der Waals surface area contributed by atoms with Crippen molar-refractivity contribution < 1.29 is 14.6 Å². The molecule has 0 amide bonds. The van der Waals surface area contributed by atoms with Crippen LogP contribution in [0.3, 0.4) is 0 Å². The van der Waals surface area contributed by atoms with E-state index in [2.05, 4.69) is 0 Å². The summed E-state index contributed by atoms with van der Waals surface area (Å²) in [5, 5.41) is 8.65. The Hall–Kier alpha value is -1.42. The largest absolute Gasteiger partial charge is 0.488 e. The van der Waals surface area contributed by atoms with Crippen LogP contribution in [0.15, 0.2) is 40.8 Å². The summed E-state index contributed by atoms with van der Waals surface area (Å²) in [7, 11) is 0. The monoisotopic (exact) mass is 238 g/mol. The molecule has 3 nitrogen and oxygen atoms in total. The van der Waals surface area contributed by atoms with Crippen LogP contribution in [0.2, 0.25) is 0 Å². The van der Waals surface area contributed by atoms with E-state index in [-0.39, 0.29) is 6.61 Å².